The van der Waals surface area contributed by atoms with Crippen LogP contribution in [0.15, 0.2) is 53.5 Å². The Morgan fingerprint density at radius 3 is 2.67 bits per heavy atom. The van der Waals surface area contributed by atoms with E-state index < -0.39 is 0 Å². The smallest absolute Gasteiger partial charge is 0.266 e. The molecule has 0 unspecified atom stereocenters. The molecule has 0 radical (unpaired) electrons. The highest BCUT2D eigenvalue weighted by Crippen LogP contribution is 2.25. The molecule has 1 aliphatic heterocycles. The van der Waals surface area contributed by atoms with Gasteiger partial charge in [-0.05, 0) is 31.0 Å². The minimum atomic E-state index is -0.128. The molecule has 1 amide bonds. The van der Waals surface area contributed by atoms with Gasteiger partial charge in [-0.1, -0.05) is 18.2 Å². The molecular formula is C20H21N5O2. The molecule has 1 saturated heterocycles. The minimum absolute atomic E-state index is 0.0289. The van der Waals surface area contributed by atoms with Gasteiger partial charge in [-0.15, -0.1) is 0 Å². The molecule has 138 valence electrons. The maximum Gasteiger partial charge on any atom is 0.266 e. The molecular weight excluding hydrogens is 342 g/mol. The van der Waals surface area contributed by atoms with E-state index in [1.807, 2.05) is 30.3 Å². The summed E-state index contributed by atoms with van der Waals surface area (Å²) in [7, 11) is 1.64. The molecule has 4 rings (SSSR count). The zero-order valence-electron chi connectivity index (χ0n) is 15.1. The number of fused-ring (bicyclic) bond motifs is 1. The van der Waals surface area contributed by atoms with Crippen LogP contribution in [0.2, 0.25) is 0 Å². The van der Waals surface area contributed by atoms with Crippen LogP contribution >= 0.6 is 0 Å². The summed E-state index contributed by atoms with van der Waals surface area (Å²) in [6, 6.07) is 12.9. The predicted molar refractivity (Wildman–Crippen MR) is 105 cm³/mol. The number of pyridine rings is 1. The Kier molecular flexibility index (Phi) is 4.58. The lowest BCUT2D eigenvalue weighted by atomic mass is 9.95. The topological polar surface area (TPSA) is 80.1 Å². The molecule has 1 aliphatic rings. The molecule has 0 spiro atoms. The van der Waals surface area contributed by atoms with Gasteiger partial charge >= 0.3 is 0 Å². The van der Waals surface area contributed by atoms with E-state index in [1.54, 1.807) is 19.3 Å². The molecule has 1 N–H and O–H groups in total. The van der Waals surface area contributed by atoms with Crippen LogP contribution < -0.4 is 15.8 Å². The van der Waals surface area contributed by atoms with Crippen molar-refractivity contribution >= 4 is 28.3 Å². The first-order chi connectivity index (χ1) is 13.1. The van der Waals surface area contributed by atoms with Crippen molar-refractivity contribution in [1.82, 2.24) is 14.8 Å². The largest absolute Gasteiger partial charge is 0.355 e. The summed E-state index contributed by atoms with van der Waals surface area (Å²) in [5, 5.41) is 8.34. The number of rotatable bonds is 3. The van der Waals surface area contributed by atoms with Gasteiger partial charge in [0.1, 0.15) is 5.82 Å². The van der Waals surface area contributed by atoms with Gasteiger partial charge in [-0.25, -0.2) is 4.68 Å². The van der Waals surface area contributed by atoms with Crippen LogP contribution in [0.5, 0.6) is 0 Å². The minimum Gasteiger partial charge on any atom is -0.355 e. The molecule has 1 aromatic carbocycles. The summed E-state index contributed by atoms with van der Waals surface area (Å²) in [6.45, 7) is 1.47. The molecule has 0 saturated carbocycles. The third-order valence-corrected chi connectivity index (χ3v) is 5.03. The average molecular weight is 363 g/mol. The lowest BCUT2D eigenvalue weighted by molar-refractivity contribution is -0.120. The number of aryl methyl sites for hydroxylation is 1. The van der Waals surface area contributed by atoms with Gasteiger partial charge in [0.05, 0.1) is 11.2 Å². The van der Waals surface area contributed by atoms with E-state index in [0.29, 0.717) is 0 Å². The fraction of sp³-hybridized carbons (Fsp3) is 0.300. The molecule has 7 nitrogen and oxygen atoms in total. The van der Waals surface area contributed by atoms with Crippen LogP contribution in [0, 0.1) is 5.92 Å². The van der Waals surface area contributed by atoms with Gasteiger partial charge in [0.15, 0.2) is 0 Å². The molecule has 3 heterocycles. The second-order valence-electron chi connectivity index (χ2n) is 6.78. The van der Waals surface area contributed by atoms with Crippen molar-refractivity contribution in [2.75, 3.05) is 23.3 Å². The number of piperidine rings is 1. The first-order valence-corrected chi connectivity index (χ1v) is 9.06. The number of benzene rings is 1. The summed E-state index contributed by atoms with van der Waals surface area (Å²) in [5.41, 5.74) is 1.43. The number of anilines is 2. The summed E-state index contributed by atoms with van der Waals surface area (Å²) in [6.07, 6.45) is 3.22. The fourth-order valence-electron chi connectivity index (χ4n) is 3.47. The lowest BCUT2D eigenvalue weighted by Crippen LogP contribution is -2.39. The Hall–Kier alpha value is -3.22. The van der Waals surface area contributed by atoms with Crippen molar-refractivity contribution in [2.45, 2.75) is 12.8 Å². The van der Waals surface area contributed by atoms with Crippen molar-refractivity contribution in [1.29, 1.82) is 0 Å². The van der Waals surface area contributed by atoms with Crippen molar-refractivity contribution in [3.05, 3.63) is 59.0 Å². The Morgan fingerprint density at radius 1 is 1.11 bits per heavy atom. The molecule has 1 fully saturated rings. The SMILES string of the molecule is Cn1nc(N2CCC(C(=O)Nc3cccc4cccnc34)CC2)ccc1=O. The van der Waals surface area contributed by atoms with Crippen LogP contribution in [0.3, 0.4) is 0 Å². The molecule has 0 bridgehead atoms. The highest BCUT2D eigenvalue weighted by atomic mass is 16.2. The zero-order valence-corrected chi connectivity index (χ0v) is 15.1. The highest BCUT2D eigenvalue weighted by Gasteiger charge is 2.26. The van der Waals surface area contributed by atoms with E-state index >= 15 is 0 Å². The maximum atomic E-state index is 12.7. The first kappa shape index (κ1) is 17.2. The third-order valence-electron chi connectivity index (χ3n) is 5.03. The lowest BCUT2D eigenvalue weighted by Gasteiger charge is -2.32. The molecule has 3 aromatic rings. The number of carbonyl (C=O) groups is 1. The van der Waals surface area contributed by atoms with Gasteiger partial charge in [0, 0.05) is 43.7 Å². The first-order valence-electron chi connectivity index (χ1n) is 9.06. The van der Waals surface area contributed by atoms with Crippen molar-refractivity contribution in [3.8, 4) is 0 Å². The van der Waals surface area contributed by atoms with E-state index in [2.05, 4.69) is 20.3 Å². The Balaban J connectivity index is 1.42. The van der Waals surface area contributed by atoms with Crippen LogP contribution in [0.25, 0.3) is 10.9 Å². The van der Waals surface area contributed by atoms with Crippen LogP contribution in [-0.4, -0.2) is 33.8 Å². The number of amides is 1. The molecule has 0 aliphatic carbocycles. The summed E-state index contributed by atoms with van der Waals surface area (Å²) in [5.74, 6) is 0.753. The van der Waals surface area contributed by atoms with Gasteiger partial charge in [0.2, 0.25) is 5.91 Å². The second kappa shape index (κ2) is 7.19. The number of hydrogen-bond donors (Lipinski definition) is 1. The zero-order chi connectivity index (χ0) is 18.8. The Labute approximate surface area is 156 Å². The third kappa shape index (κ3) is 3.53. The number of nitrogens with zero attached hydrogens (tertiary/aromatic N) is 4. The van der Waals surface area contributed by atoms with Gasteiger partial charge < -0.3 is 10.2 Å². The monoisotopic (exact) mass is 363 g/mol. The quantitative estimate of drug-likeness (QED) is 0.771. The van der Waals surface area contributed by atoms with E-state index in [0.717, 1.165) is 48.3 Å². The highest BCUT2D eigenvalue weighted by molar-refractivity contribution is 6.01. The molecule has 7 heteroatoms. The van der Waals surface area contributed by atoms with Crippen LogP contribution in [0.4, 0.5) is 11.5 Å². The van der Waals surface area contributed by atoms with Crippen LogP contribution in [-0.2, 0) is 11.8 Å². The molecule has 2 aromatic heterocycles. The van der Waals surface area contributed by atoms with E-state index in [1.165, 1.54) is 10.7 Å². The summed E-state index contributed by atoms with van der Waals surface area (Å²) >= 11 is 0. The van der Waals surface area contributed by atoms with Crippen molar-refractivity contribution < 1.29 is 4.79 Å². The molecule has 0 atom stereocenters. The average Bonchev–Trinajstić information content (AvgIpc) is 2.70. The number of carbonyl (C=O) groups excluding carboxylic acids is 1. The number of para-hydroxylation sites is 1. The van der Waals surface area contributed by atoms with Crippen LogP contribution in [0.1, 0.15) is 12.8 Å². The molecule has 27 heavy (non-hydrogen) atoms. The van der Waals surface area contributed by atoms with Gasteiger partial charge in [-0.3, -0.25) is 14.6 Å². The van der Waals surface area contributed by atoms with Gasteiger partial charge in [0.25, 0.3) is 5.56 Å². The Bertz CT molecular complexity index is 1030. The number of aromatic nitrogens is 3. The number of nitrogens with one attached hydrogen (secondary N) is 1. The second-order valence-corrected chi connectivity index (χ2v) is 6.78. The fourth-order valence-corrected chi connectivity index (χ4v) is 3.47. The normalized spacial score (nSPS) is 15.1. The standard InChI is InChI=1S/C20H21N5O2/c1-24-18(26)8-7-17(23-24)25-12-9-15(10-13-25)20(27)22-16-6-2-4-14-5-3-11-21-19(14)16/h2-8,11,15H,9-10,12-13H2,1H3,(H,22,27). The Morgan fingerprint density at radius 2 is 1.89 bits per heavy atom. The predicted octanol–water partition coefficient (Wildman–Crippen LogP) is 2.18. The maximum absolute atomic E-state index is 12.7. The van der Waals surface area contributed by atoms with E-state index in [4.69, 9.17) is 0 Å². The summed E-state index contributed by atoms with van der Waals surface area (Å²) in [4.78, 5) is 30.7. The van der Waals surface area contributed by atoms with Crippen molar-refractivity contribution in [3.63, 3.8) is 0 Å². The van der Waals surface area contributed by atoms with E-state index in [-0.39, 0.29) is 17.4 Å². The number of hydrogen-bond acceptors (Lipinski definition) is 5. The van der Waals surface area contributed by atoms with E-state index in [9.17, 15) is 9.59 Å². The summed E-state index contributed by atoms with van der Waals surface area (Å²) < 4.78 is 1.33. The van der Waals surface area contributed by atoms with Gasteiger partial charge in [-0.2, -0.15) is 5.10 Å². The van der Waals surface area contributed by atoms with Crippen molar-refractivity contribution in [2.24, 2.45) is 13.0 Å².